The Morgan fingerprint density at radius 3 is 2.10 bits per heavy atom. The average molecular weight is 152 g/mol. The van der Waals surface area contributed by atoms with Gasteiger partial charge in [0.1, 0.15) is 0 Å². The fourth-order valence-electron chi connectivity index (χ4n) is 0.246. The van der Waals surface area contributed by atoms with Crippen LogP contribution in [-0.4, -0.2) is 25.3 Å². The Hall–Kier alpha value is -0.880. The molecule has 0 fully saturated rings. The first-order valence-corrected chi connectivity index (χ1v) is 2.74. The molecule has 6 heteroatoms. The molecule has 0 bridgehead atoms. The van der Waals surface area contributed by atoms with Crippen molar-refractivity contribution in [2.45, 2.75) is 6.42 Å². The van der Waals surface area contributed by atoms with Crippen LogP contribution in [0.3, 0.4) is 0 Å². The molecule has 0 aromatic heterocycles. The standard InChI is InChI=1S/C4H11NO.NO3/c1-6-4-2-3-5;2-1(3)4/h2-5H2,1H3;/q;-1/p+1. The quantitative estimate of drug-likeness (QED) is 0.319. The first-order chi connectivity index (χ1) is 4.65. The third-order valence-corrected chi connectivity index (χ3v) is 0.598. The lowest BCUT2D eigenvalue weighted by atomic mass is 10.5. The Morgan fingerprint density at radius 2 is 2.00 bits per heavy atom. The summed E-state index contributed by atoms with van der Waals surface area (Å²) in [5.41, 5.74) is 3.64. The van der Waals surface area contributed by atoms with E-state index in [1.165, 1.54) is 0 Å². The van der Waals surface area contributed by atoms with E-state index >= 15 is 0 Å². The molecule has 62 valence electrons. The minimum Gasteiger partial charge on any atom is -0.384 e. The van der Waals surface area contributed by atoms with E-state index in [1.807, 2.05) is 0 Å². The monoisotopic (exact) mass is 152 g/mol. The minimum absolute atomic E-state index is 0.851. The Morgan fingerprint density at radius 1 is 1.60 bits per heavy atom. The van der Waals surface area contributed by atoms with Gasteiger partial charge < -0.3 is 25.8 Å². The first-order valence-electron chi connectivity index (χ1n) is 2.74. The molecule has 0 atom stereocenters. The maximum absolute atomic E-state index is 8.25. The summed E-state index contributed by atoms with van der Waals surface area (Å²) in [5.74, 6) is 0. The molecule has 0 aromatic rings. The van der Waals surface area contributed by atoms with Crippen molar-refractivity contribution >= 4 is 0 Å². The molecule has 0 radical (unpaired) electrons. The molecule has 0 unspecified atom stereocenters. The van der Waals surface area contributed by atoms with E-state index in [1.54, 1.807) is 7.11 Å². The molecule has 0 spiro atoms. The van der Waals surface area contributed by atoms with Crippen LogP contribution >= 0.6 is 0 Å². The van der Waals surface area contributed by atoms with Gasteiger partial charge >= 0.3 is 0 Å². The van der Waals surface area contributed by atoms with Gasteiger partial charge in [-0.15, -0.1) is 0 Å². The summed E-state index contributed by atoms with van der Waals surface area (Å²) in [5, 5.41) is 14.8. The fraction of sp³-hybridized carbons (Fsp3) is 1.00. The lowest BCUT2D eigenvalue weighted by Gasteiger charge is -1.87. The van der Waals surface area contributed by atoms with Gasteiger partial charge in [0.2, 0.25) is 0 Å². The van der Waals surface area contributed by atoms with E-state index in [9.17, 15) is 0 Å². The number of ether oxygens (including phenoxy) is 1. The van der Waals surface area contributed by atoms with Gasteiger partial charge in [-0.1, -0.05) is 0 Å². The lowest BCUT2D eigenvalue weighted by Crippen LogP contribution is -2.50. The third-order valence-electron chi connectivity index (χ3n) is 0.598. The van der Waals surface area contributed by atoms with Crippen LogP contribution in [0.4, 0.5) is 0 Å². The van der Waals surface area contributed by atoms with Crippen molar-refractivity contribution in [3.8, 4) is 0 Å². The molecule has 0 aliphatic heterocycles. The topological polar surface area (TPSA) is 103 Å². The van der Waals surface area contributed by atoms with Gasteiger partial charge in [0.05, 0.1) is 18.2 Å². The van der Waals surface area contributed by atoms with Crippen LogP contribution in [0.1, 0.15) is 6.42 Å². The zero-order valence-electron chi connectivity index (χ0n) is 5.91. The molecule has 0 saturated heterocycles. The summed E-state index contributed by atoms with van der Waals surface area (Å²) in [7, 11) is 1.70. The van der Waals surface area contributed by atoms with E-state index in [0.29, 0.717) is 0 Å². The maximum atomic E-state index is 8.25. The summed E-state index contributed by atoms with van der Waals surface area (Å²) in [6, 6.07) is 0. The number of methoxy groups -OCH3 is 1. The Kier molecular flexibility index (Phi) is 13.0. The minimum atomic E-state index is -1.75. The molecule has 0 amide bonds. The summed E-state index contributed by atoms with van der Waals surface area (Å²) in [6.45, 7) is 1.83. The van der Waals surface area contributed by atoms with E-state index in [0.717, 1.165) is 19.6 Å². The molecule has 3 N–H and O–H groups in total. The SMILES string of the molecule is COCCC[NH3+].O=[N+]([O-])[O-]. The highest BCUT2D eigenvalue weighted by Crippen LogP contribution is 1.69. The normalized spacial score (nSPS) is 7.80. The second-order valence-corrected chi connectivity index (χ2v) is 1.42. The number of hydrogen-bond acceptors (Lipinski definition) is 4. The van der Waals surface area contributed by atoms with Crippen LogP contribution in [0.2, 0.25) is 0 Å². The summed E-state index contributed by atoms with van der Waals surface area (Å²) < 4.78 is 4.74. The van der Waals surface area contributed by atoms with E-state index in [2.05, 4.69) is 5.73 Å². The zero-order valence-corrected chi connectivity index (χ0v) is 5.91. The molecule has 10 heavy (non-hydrogen) atoms. The van der Waals surface area contributed by atoms with Gasteiger partial charge in [-0.3, -0.25) is 0 Å². The molecule has 0 heterocycles. The van der Waals surface area contributed by atoms with E-state index in [4.69, 9.17) is 20.1 Å². The van der Waals surface area contributed by atoms with Gasteiger partial charge in [-0.05, 0) is 0 Å². The zero-order chi connectivity index (χ0) is 8.41. The molecule has 0 rings (SSSR count). The second kappa shape index (κ2) is 11.0. The molecular formula is C4H12N2O4. The van der Waals surface area contributed by atoms with Crippen LogP contribution in [0.15, 0.2) is 0 Å². The fourth-order valence-corrected chi connectivity index (χ4v) is 0.246. The maximum Gasteiger partial charge on any atom is 0.0762 e. The van der Waals surface area contributed by atoms with Gasteiger partial charge in [-0.25, -0.2) is 0 Å². The molecular weight excluding hydrogens is 140 g/mol. The summed E-state index contributed by atoms with van der Waals surface area (Å²) in [6.07, 6.45) is 1.08. The van der Waals surface area contributed by atoms with Crippen molar-refractivity contribution in [2.75, 3.05) is 20.3 Å². The average Bonchev–Trinajstić information content (AvgIpc) is 1.82. The van der Waals surface area contributed by atoms with Gasteiger partial charge in [0, 0.05) is 13.5 Å². The molecule has 0 aliphatic carbocycles. The number of nitrogens with zero attached hydrogens (tertiary/aromatic N) is 1. The smallest absolute Gasteiger partial charge is 0.0762 e. The van der Waals surface area contributed by atoms with Crippen molar-refractivity contribution in [3.63, 3.8) is 0 Å². The van der Waals surface area contributed by atoms with Gasteiger partial charge in [0.25, 0.3) is 0 Å². The van der Waals surface area contributed by atoms with Crippen molar-refractivity contribution in [1.82, 2.24) is 0 Å². The van der Waals surface area contributed by atoms with Crippen LogP contribution in [0.5, 0.6) is 0 Å². The van der Waals surface area contributed by atoms with Crippen molar-refractivity contribution in [1.29, 1.82) is 0 Å². The Labute approximate surface area is 58.7 Å². The van der Waals surface area contributed by atoms with Gasteiger partial charge in [-0.2, -0.15) is 0 Å². The predicted molar refractivity (Wildman–Crippen MR) is 34.6 cm³/mol. The van der Waals surface area contributed by atoms with E-state index < -0.39 is 5.09 Å². The summed E-state index contributed by atoms with van der Waals surface area (Å²) >= 11 is 0. The van der Waals surface area contributed by atoms with Gasteiger partial charge in [0.15, 0.2) is 0 Å². The van der Waals surface area contributed by atoms with Crippen LogP contribution in [0.25, 0.3) is 0 Å². The van der Waals surface area contributed by atoms with Crippen molar-refractivity contribution in [3.05, 3.63) is 15.3 Å². The van der Waals surface area contributed by atoms with Crippen LogP contribution in [0, 0.1) is 15.3 Å². The molecule has 0 saturated carbocycles. The highest BCUT2D eigenvalue weighted by molar-refractivity contribution is 4.24. The molecule has 0 aromatic carbocycles. The highest BCUT2D eigenvalue weighted by Gasteiger charge is 1.77. The Balaban J connectivity index is 0. The first kappa shape index (κ1) is 11.9. The third kappa shape index (κ3) is 59.3. The number of hydrogen-bond donors (Lipinski definition) is 1. The summed E-state index contributed by atoms with van der Waals surface area (Å²) in [4.78, 5) is 8.25. The number of quaternary nitrogens is 1. The Bertz CT molecular complexity index is 69.7. The van der Waals surface area contributed by atoms with Crippen LogP contribution < -0.4 is 5.73 Å². The van der Waals surface area contributed by atoms with Crippen LogP contribution in [-0.2, 0) is 4.74 Å². The lowest BCUT2D eigenvalue weighted by molar-refractivity contribution is -0.402. The highest BCUT2D eigenvalue weighted by atomic mass is 16.9. The largest absolute Gasteiger partial charge is 0.384 e. The number of rotatable bonds is 3. The van der Waals surface area contributed by atoms with Crippen molar-refractivity contribution < 1.29 is 15.6 Å². The predicted octanol–water partition coefficient (Wildman–Crippen LogP) is -0.974. The van der Waals surface area contributed by atoms with E-state index in [-0.39, 0.29) is 0 Å². The second-order valence-electron chi connectivity index (χ2n) is 1.42. The molecule has 6 nitrogen and oxygen atoms in total. The molecule has 0 aliphatic rings. The van der Waals surface area contributed by atoms with Crippen molar-refractivity contribution in [2.24, 2.45) is 0 Å².